The van der Waals surface area contributed by atoms with Crippen LogP contribution >= 0.6 is 0 Å². The number of carboxylic acids is 1. The fourth-order valence-corrected chi connectivity index (χ4v) is 4.50. The fourth-order valence-electron chi connectivity index (χ4n) is 4.50. The minimum absolute atomic E-state index is 0.132. The number of hydrogen-bond acceptors (Lipinski definition) is 6. The van der Waals surface area contributed by atoms with Crippen LogP contribution < -0.4 is 16.4 Å². The maximum absolute atomic E-state index is 14.0. The first kappa shape index (κ1) is 27.9. The molecule has 0 aliphatic carbocycles. The van der Waals surface area contributed by atoms with E-state index in [4.69, 9.17) is 5.73 Å². The van der Waals surface area contributed by atoms with E-state index in [9.17, 15) is 24.3 Å². The van der Waals surface area contributed by atoms with E-state index in [0.29, 0.717) is 13.0 Å². The van der Waals surface area contributed by atoms with Gasteiger partial charge in [0.15, 0.2) is 0 Å². The zero-order valence-electron chi connectivity index (χ0n) is 21.5. The van der Waals surface area contributed by atoms with Gasteiger partial charge in [-0.25, -0.2) is 9.78 Å². The zero-order chi connectivity index (χ0) is 27.2. The predicted molar refractivity (Wildman–Crippen MR) is 136 cm³/mol. The smallest absolute Gasteiger partial charge is 0.326 e. The minimum Gasteiger partial charge on any atom is -0.480 e. The number of hydrogen-bond donors (Lipinski definition) is 5. The second kappa shape index (κ2) is 12.0. The van der Waals surface area contributed by atoms with Crippen LogP contribution in [0.5, 0.6) is 0 Å². The van der Waals surface area contributed by atoms with Gasteiger partial charge < -0.3 is 31.4 Å². The van der Waals surface area contributed by atoms with Crippen molar-refractivity contribution in [1.29, 1.82) is 0 Å². The maximum atomic E-state index is 14.0. The number of H-pyrrole nitrogens is 1. The number of amides is 3. The van der Waals surface area contributed by atoms with E-state index in [1.165, 1.54) is 4.90 Å². The van der Waals surface area contributed by atoms with Gasteiger partial charge in [-0.05, 0) is 23.0 Å². The largest absolute Gasteiger partial charge is 0.480 e. The normalized spacial score (nSPS) is 16.9. The van der Waals surface area contributed by atoms with Crippen LogP contribution in [0.15, 0.2) is 36.8 Å². The van der Waals surface area contributed by atoms with Gasteiger partial charge in [0.1, 0.15) is 12.1 Å². The first-order chi connectivity index (χ1) is 17.5. The van der Waals surface area contributed by atoms with Crippen LogP contribution in [0.3, 0.4) is 0 Å². The molecule has 200 valence electrons. The monoisotopic (exact) mass is 512 g/mol. The number of aromatic amines is 1. The summed E-state index contributed by atoms with van der Waals surface area (Å²) in [4.78, 5) is 58.9. The summed E-state index contributed by atoms with van der Waals surface area (Å²) in [5, 5.41) is 15.5. The van der Waals surface area contributed by atoms with E-state index in [1.54, 1.807) is 12.5 Å². The molecule has 0 saturated carbocycles. The Bertz CT molecular complexity index is 1110. The van der Waals surface area contributed by atoms with Crippen molar-refractivity contribution in [2.45, 2.75) is 71.1 Å². The molecule has 2 aromatic rings. The Balaban J connectivity index is 1.84. The lowest BCUT2D eigenvalue weighted by Crippen LogP contribution is -2.61. The van der Waals surface area contributed by atoms with Crippen molar-refractivity contribution in [3.05, 3.63) is 53.6 Å². The zero-order valence-corrected chi connectivity index (χ0v) is 21.5. The van der Waals surface area contributed by atoms with Crippen molar-refractivity contribution in [1.82, 2.24) is 25.5 Å². The van der Waals surface area contributed by atoms with Crippen molar-refractivity contribution in [2.24, 2.45) is 11.1 Å². The van der Waals surface area contributed by atoms with Crippen LogP contribution in [0.1, 0.15) is 50.4 Å². The van der Waals surface area contributed by atoms with E-state index >= 15 is 0 Å². The van der Waals surface area contributed by atoms with Gasteiger partial charge >= 0.3 is 5.97 Å². The average Bonchev–Trinajstić information content (AvgIpc) is 3.35. The highest BCUT2D eigenvalue weighted by molar-refractivity contribution is 5.93. The molecule has 3 unspecified atom stereocenters. The van der Waals surface area contributed by atoms with Crippen molar-refractivity contribution < 1.29 is 24.3 Å². The van der Waals surface area contributed by atoms with Gasteiger partial charge in [0.2, 0.25) is 17.7 Å². The second-order valence-electron chi connectivity index (χ2n) is 10.4. The number of rotatable bonds is 11. The van der Waals surface area contributed by atoms with Gasteiger partial charge in [-0.1, -0.05) is 45.0 Å². The summed E-state index contributed by atoms with van der Waals surface area (Å²) < 4.78 is 0. The van der Waals surface area contributed by atoms with Crippen molar-refractivity contribution >= 4 is 23.7 Å². The van der Waals surface area contributed by atoms with Gasteiger partial charge in [-0.3, -0.25) is 14.4 Å². The topological polar surface area (TPSA) is 171 Å². The van der Waals surface area contributed by atoms with Crippen LogP contribution in [0.4, 0.5) is 0 Å². The number of aliphatic carboxylic acids is 1. The van der Waals surface area contributed by atoms with Crippen LogP contribution in [0, 0.1) is 5.41 Å². The first-order valence-electron chi connectivity index (χ1n) is 12.4. The molecule has 1 aliphatic rings. The lowest BCUT2D eigenvalue weighted by atomic mass is 9.84. The molecule has 3 amide bonds. The van der Waals surface area contributed by atoms with Gasteiger partial charge in [0.25, 0.3) is 0 Å². The van der Waals surface area contributed by atoms with Crippen molar-refractivity contribution in [2.75, 3.05) is 6.54 Å². The summed E-state index contributed by atoms with van der Waals surface area (Å²) in [6.45, 7) is 6.61. The Morgan fingerprint density at radius 3 is 2.51 bits per heavy atom. The Morgan fingerprint density at radius 2 is 1.92 bits per heavy atom. The molecule has 11 heteroatoms. The quantitative estimate of drug-likeness (QED) is 0.296. The molecule has 3 rings (SSSR count). The van der Waals surface area contributed by atoms with Crippen molar-refractivity contribution in [3.63, 3.8) is 0 Å². The number of primary amides is 1. The molecule has 0 bridgehead atoms. The van der Waals surface area contributed by atoms with Gasteiger partial charge in [-0.2, -0.15) is 0 Å². The van der Waals surface area contributed by atoms with Crippen LogP contribution in [-0.4, -0.2) is 68.3 Å². The van der Waals surface area contributed by atoms with E-state index < -0.39 is 41.3 Å². The van der Waals surface area contributed by atoms with Crippen molar-refractivity contribution in [3.8, 4) is 0 Å². The third-order valence-corrected chi connectivity index (χ3v) is 6.54. The number of aromatic nitrogens is 2. The average molecular weight is 513 g/mol. The van der Waals surface area contributed by atoms with E-state index in [0.717, 1.165) is 16.8 Å². The summed E-state index contributed by atoms with van der Waals surface area (Å²) in [5.41, 5.74) is 7.50. The Hall–Kier alpha value is -3.73. The molecule has 0 spiro atoms. The molecule has 1 aromatic carbocycles. The van der Waals surface area contributed by atoms with Crippen LogP contribution in [0.2, 0.25) is 0 Å². The summed E-state index contributed by atoms with van der Waals surface area (Å²) in [7, 11) is 0. The molecule has 0 radical (unpaired) electrons. The van der Waals surface area contributed by atoms with Gasteiger partial charge in [0.05, 0.1) is 12.4 Å². The summed E-state index contributed by atoms with van der Waals surface area (Å²) >= 11 is 0. The molecule has 0 fully saturated rings. The number of carbonyl (C=O) groups excluding carboxylic acids is 3. The molecule has 0 saturated heterocycles. The van der Waals surface area contributed by atoms with E-state index in [-0.39, 0.29) is 31.7 Å². The number of nitrogens with one attached hydrogen (secondary N) is 3. The number of carbonyl (C=O) groups is 4. The molecule has 1 aromatic heterocycles. The molecule has 6 N–H and O–H groups in total. The lowest BCUT2D eigenvalue weighted by molar-refractivity contribution is -0.147. The Labute approximate surface area is 216 Å². The molecule has 37 heavy (non-hydrogen) atoms. The Kier molecular flexibility index (Phi) is 9.04. The summed E-state index contributed by atoms with van der Waals surface area (Å²) in [6, 6.07) is 4.79. The molecule has 3 atom stereocenters. The molecule has 2 heterocycles. The third-order valence-electron chi connectivity index (χ3n) is 6.54. The number of nitrogens with zero attached hydrogens (tertiary/aromatic N) is 2. The fraction of sp³-hybridized carbons (Fsp3) is 0.500. The van der Waals surface area contributed by atoms with Gasteiger partial charge in [0, 0.05) is 44.2 Å². The third kappa shape index (κ3) is 7.39. The summed E-state index contributed by atoms with van der Waals surface area (Å²) in [6.07, 6.45) is 3.92. The number of nitrogens with two attached hydrogens (primary N) is 1. The maximum Gasteiger partial charge on any atom is 0.326 e. The van der Waals surface area contributed by atoms with Gasteiger partial charge in [-0.15, -0.1) is 0 Å². The standard InChI is InChI=1S/C26H36N6O5/c1-26(2,3)22(29-11-10-18-13-28-15-30-18)24(35)32-14-17-7-5-4-6-16(17)12-20(32)23(34)31-19(25(36)37)8-9-21(27)33/h4-7,13,15,19-20,22,29H,8-12,14H2,1-3H3,(H2,27,33)(H,28,30)(H,31,34)(H,36,37). The van der Waals surface area contributed by atoms with E-state index in [1.807, 2.05) is 45.0 Å². The molecular weight excluding hydrogens is 476 g/mol. The summed E-state index contributed by atoms with van der Waals surface area (Å²) in [5.74, 6) is -2.74. The van der Waals surface area contributed by atoms with E-state index in [2.05, 4.69) is 20.6 Å². The number of carboxylic acid groups (broad SMARTS) is 1. The number of imidazole rings is 1. The SMILES string of the molecule is CC(C)(C)C(NCCc1cnc[nH]1)C(=O)N1Cc2ccccc2CC1C(=O)NC(CCC(N)=O)C(=O)O. The highest BCUT2D eigenvalue weighted by Crippen LogP contribution is 2.28. The Morgan fingerprint density at radius 1 is 1.22 bits per heavy atom. The second-order valence-corrected chi connectivity index (χ2v) is 10.4. The highest BCUT2D eigenvalue weighted by Gasteiger charge is 2.41. The molecular formula is C26H36N6O5. The first-order valence-corrected chi connectivity index (χ1v) is 12.4. The lowest BCUT2D eigenvalue weighted by Gasteiger charge is -2.41. The minimum atomic E-state index is -1.29. The van der Waals surface area contributed by atoms with Crippen LogP contribution in [-0.2, 0) is 38.6 Å². The highest BCUT2D eigenvalue weighted by atomic mass is 16.4. The molecule has 11 nitrogen and oxygen atoms in total. The number of benzene rings is 1. The molecule has 1 aliphatic heterocycles. The number of fused-ring (bicyclic) bond motifs is 1. The van der Waals surface area contributed by atoms with Crippen LogP contribution in [0.25, 0.3) is 0 Å². The predicted octanol–water partition coefficient (Wildman–Crippen LogP) is 0.745.